The first-order valence-corrected chi connectivity index (χ1v) is 8.95. The van der Waals surface area contributed by atoms with Gasteiger partial charge in [-0.2, -0.15) is 0 Å². The lowest BCUT2D eigenvalue weighted by atomic mass is 10.0. The highest BCUT2D eigenvalue weighted by Crippen LogP contribution is 2.25. The Balaban J connectivity index is 0.00000338. The Morgan fingerprint density at radius 1 is 1.35 bits per heavy atom. The van der Waals surface area contributed by atoms with E-state index in [-0.39, 0.29) is 30.0 Å². The van der Waals surface area contributed by atoms with Crippen LogP contribution in [0.1, 0.15) is 24.1 Å². The lowest BCUT2D eigenvalue weighted by molar-refractivity contribution is 0.116. The number of aliphatic imine (C=N–C) groups is 1. The molecule has 0 aromatic heterocycles. The van der Waals surface area contributed by atoms with E-state index in [9.17, 15) is 0 Å². The first kappa shape index (κ1) is 23.0. The van der Waals surface area contributed by atoms with Crippen molar-refractivity contribution in [2.24, 2.45) is 4.99 Å². The second-order valence-electron chi connectivity index (χ2n) is 6.96. The largest absolute Gasteiger partial charge is 0.496 e. The lowest BCUT2D eigenvalue weighted by Crippen LogP contribution is -2.55. The van der Waals surface area contributed by atoms with Gasteiger partial charge < -0.3 is 20.3 Å². The molecule has 148 valence electrons. The van der Waals surface area contributed by atoms with Crippen LogP contribution in [-0.2, 0) is 0 Å². The minimum Gasteiger partial charge on any atom is -0.496 e. The number of ether oxygens (including phenoxy) is 1. The summed E-state index contributed by atoms with van der Waals surface area (Å²) in [7, 11) is 7.89. The van der Waals surface area contributed by atoms with Gasteiger partial charge in [0.1, 0.15) is 5.75 Å². The van der Waals surface area contributed by atoms with Crippen LogP contribution in [0.5, 0.6) is 5.75 Å². The fraction of sp³-hybridized carbons (Fsp3) is 0.632. The maximum absolute atomic E-state index is 5.51. The molecule has 1 aromatic rings. The van der Waals surface area contributed by atoms with E-state index in [1.165, 1.54) is 5.56 Å². The summed E-state index contributed by atoms with van der Waals surface area (Å²) in [4.78, 5) is 9.17. The molecule has 6 nitrogen and oxygen atoms in total. The predicted molar refractivity (Wildman–Crippen MR) is 120 cm³/mol. The molecule has 2 N–H and O–H groups in total. The van der Waals surface area contributed by atoms with Gasteiger partial charge in [-0.1, -0.05) is 17.7 Å². The molecular formula is C19H34IN5O. The van der Waals surface area contributed by atoms with Crippen LogP contribution in [0, 0.1) is 6.92 Å². The Morgan fingerprint density at radius 3 is 2.73 bits per heavy atom. The number of likely N-dealkylation sites (N-methyl/N-ethyl adjacent to an activating group) is 2. The molecule has 0 spiro atoms. The van der Waals surface area contributed by atoms with Gasteiger partial charge in [0.15, 0.2) is 5.96 Å². The van der Waals surface area contributed by atoms with E-state index in [0.29, 0.717) is 6.04 Å². The number of nitrogens with zero attached hydrogens (tertiary/aromatic N) is 3. The first-order chi connectivity index (χ1) is 11.9. The Labute approximate surface area is 175 Å². The van der Waals surface area contributed by atoms with Gasteiger partial charge in [-0.15, -0.1) is 24.0 Å². The summed E-state index contributed by atoms with van der Waals surface area (Å²) in [6.45, 7) is 8.40. The van der Waals surface area contributed by atoms with Crippen molar-refractivity contribution in [2.75, 3.05) is 54.4 Å². The van der Waals surface area contributed by atoms with Gasteiger partial charge in [0, 0.05) is 44.8 Å². The second kappa shape index (κ2) is 10.9. The fourth-order valence-corrected chi connectivity index (χ4v) is 3.21. The standard InChI is InChI=1S/C19H33N5O.HI/c1-14-7-8-18(25-6)17(11-14)15(2)22-19(20-3)21-12-16-13-23(4)9-10-24(16)5;/h7-8,11,15-16H,9-10,12-13H2,1-6H3,(H2,20,21,22);1H. The molecule has 0 amide bonds. The zero-order valence-electron chi connectivity index (χ0n) is 16.9. The average Bonchev–Trinajstić information content (AvgIpc) is 2.60. The van der Waals surface area contributed by atoms with Gasteiger partial charge in [-0.3, -0.25) is 9.89 Å². The van der Waals surface area contributed by atoms with Crippen molar-refractivity contribution in [1.29, 1.82) is 0 Å². The third-order valence-corrected chi connectivity index (χ3v) is 4.91. The molecule has 1 aromatic carbocycles. The Hall–Kier alpha value is -1.06. The number of nitrogens with one attached hydrogen (secondary N) is 2. The van der Waals surface area contributed by atoms with E-state index >= 15 is 0 Å². The van der Waals surface area contributed by atoms with Crippen LogP contribution in [0.2, 0.25) is 0 Å². The smallest absolute Gasteiger partial charge is 0.191 e. The number of rotatable bonds is 5. The quantitative estimate of drug-likeness (QED) is 0.388. The number of piperazine rings is 1. The van der Waals surface area contributed by atoms with Crippen LogP contribution in [0.15, 0.2) is 23.2 Å². The Bertz CT molecular complexity index is 595. The summed E-state index contributed by atoms with van der Waals surface area (Å²) in [6, 6.07) is 6.84. The molecule has 1 aliphatic rings. The number of aryl methyl sites for hydroxylation is 1. The van der Waals surface area contributed by atoms with Gasteiger partial charge in [-0.05, 0) is 34.0 Å². The molecule has 0 aliphatic carbocycles. The van der Waals surface area contributed by atoms with Crippen molar-refractivity contribution >= 4 is 29.9 Å². The maximum atomic E-state index is 5.51. The fourth-order valence-electron chi connectivity index (χ4n) is 3.21. The summed E-state index contributed by atoms with van der Waals surface area (Å²) >= 11 is 0. The molecule has 2 unspecified atom stereocenters. The van der Waals surface area contributed by atoms with Crippen LogP contribution >= 0.6 is 24.0 Å². The van der Waals surface area contributed by atoms with Crippen molar-refractivity contribution in [3.63, 3.8) is 0 Å². The number of hydrogen-bond acceptors (Lipinski definition) is 4. The highest BCUT2D eigenvalue weighted by Gasteiger charge is 2.22. The van der Waals surface area contributed by atoms with Gasteiger partial charge in [0.05, 0.1) is 13.2 Å². The molecule has 2 atom stereocenters. The summed E-state index contributed by atoms with van der Waals surface area (Å²) in [5.41, 5.74) is 2.36. The molecule has 1 saturated heterocycles. The molecule has 7 heteroatoms. The molecule has 1 heterocycles. The highest BCUT2D eigenvalue weighted by molar-refractivity contribution is 14.0. The van der Waals surface area contributed by atoms with Crippen LogP contribution in [0.4, 0.5) is 0 Å². The van der Waals surface area contributed by atoms with Crippen LogP contribution in [0.25, 0.3) is 0 Å². The maximum Gasteiger partial charge on any atom is 0.191 e. The van der Waals surface area contributed by atoms with Gasteiger partial charge in [-0.25, -0.2) is 0 Å². The van der Waals surface area contributed by atoms with E-state index < -0.39 is 0 Å². The monoisotopic (exact) mass is 475 g/mol. The number of benzene rings is 1. The van der Waals surface area contributed by atoms with Crippen molar-refractivity contribution in [2.45, 2.75) is 25.9 Å². The minimum absolute atomic E-state index is 0. The van der Waals surface area contributed by atoms with Crippen molar-refractivity contribution < 1.29 is 4.74 Å². The second-order valence-corrected chi connectivity index (χ2v) is 6.96. The highest BCUT2D eigenvalue weighted by atomic mass is 127. The van der Waals surface area contributed by atoms with Crippen LogP contribution < -0.4 is 15.4 Å². The number of hydrogen-bond donors (Lipinski definition) is 2. The van der Waals surface area contributed by atoms with E-state index in [2.05, 4.69) is 65.5 Å². The van der Waals surface area contributed by atoms with E-state index in [0.717, 1.165) is 43.5 Å². The normalized spacial score (nSPS) is 20.2. The predicted octanol–water partition coefficient (Wildman–Crippen LogP) is 2.09. The van der Waals surface area contributed by atoms with E-state index in [4.69, 9.17) is 4.74 Å². The SMILES string of the molecule is CN=C(NCC1CN(C)CCN1C)NC(C)c1cc(C)ccc1OC.I. The van der Waals surface area contributed by atoms with Crippen molar-refractivity contribution in [3.8, 4) is 5.75 Å². The van der Waals surface area contributed by atoms with E-state index in [1.54, 1.807) is 7.11 Å². The Kier molecular flexibility index (Phi) is 9.67. The number of guanidine groups is 1. The molecule has 1 aliphatic heterocycles. The molecule has 26 heavy (non-hydrogen) atoms. The minimum atomic E-state index is 0. The summed E-state index contributed by atoms with van der Waals surface area (Å²) in [5, 5.41) is 6.95. The van der Waals surface area contributed by atoms with E-state index in [1.807, 2.05) is 13.1 Å². The van der Waals surface area contributed by atoms with Gasteiger partial charge in [0.25, 0.3) is 0 Å². The molecule has 0 saturated carbocycles. The number of methoxy groups -OCH3 is 1. The van der Waals surface area contributed by atoms with Crippen LogP contribution in [-0.4, -0.2) is 76.2 Å². The third kappa shape index (κ3) is 6.28. The topological polar surface area (TPSA) is 52.1 Å². The summed E-state index contributed by atoms with van der Waals surface area (Å²) < 4.78 is 5.51. The van der Waals surface area contributed by atoms with Gasteiger partial charge in [0.2, 0.25) is 0 Å². The number of halogens is 1. The molecule has 0 bridgehead atoms. The molecule has 1 fully saturated rings. The zero-order chi connectivity index (χ0) is 18.4. The van der Waals surface area contributed by atoms with Crippen LogP contribution in [0.3, 0.4) is 0 Å². The Morgan fingerprint density at radius 2 is 2.08 bits per heavy atom. The van der Waals surface area contributed by atoms with Crippen molar-refractivity contribution in [1.82, 2.24) is 20.4 Å². The van der Waals surface area contributed by atoms with Crippen molar-refractivity contribution in [3.05, 3.63) is 29.3 Å². The third-order valence-electron chi connectivity index (χ3n) is 4.91. The molecule has 2 rings (SSSR count). The molecular weight excluding hydrogens is 441 g/mol. The average molecular weight is 475 g/mol. The zero-order valence-corrected chi connectivity index (χ0v) is 19.2. The summed E-state index contributed by atoms with van der Waals surface area (Å²) in [5.74, 6) is 1.72. The lowest BCUT2D eigenvalue weighted by Gasteiger charge is -2.38. The van der Waals surface area contributed by atoms with Gasteiger partial charge >= 0.3 is 0 Å². The first-order valence-electron chi connectivity index (χ1n) is 8.95. The molecule has 0 radical (unpaired) electrons. The summed E-state index contributed by atoms with van der Waals surface area (Å²) in [6.07, 6.45) is 0.